The van der Waals surface area contributed by atoms with Crippen LogP contribution in [0.1, 0.15) is 12.8 Å². The molecule has 1 aromatic heterocycles. The van der Waals surface area contributed by atoms with Gasteiger partial charge in [-0.15, -0.1) is 0 Å². The molecule has 0 bridgehead atoms. The number of nitrogens with one attached hydrogen (secondary N) is 1. The maximum absolute atomic E-state index is 12.7. The lowest BCUT2D eigenvalue weighted by Crippen LogP contribution is -2.52. The Balaban J connectivity index is 1.80. The van der Waals surface area contributed by atoms with Crippen molar-refractivity contribution in [2.45, 2.75) is 18.9 Å². The smallest absolute Gasteiger partial charge is 0.245 e. The molecule has 3 rings (SSSR count). The minimum absolute atomic E-state index is 0.104. The van der Waals surface area contributed by atoms with Crippen LogP contribution in [0.5, 0.6) is 0 Å². The zero-order valence-corrected chi connectivity index (χ0v) is 14.0. The molecule has 1 atom stereocenters. The number of halogens is 2. The second-order valence-electron chi connectivity index (χ2n) is 5.39. The van der Waals surface area contributed by atoms with E-state index < -0.39 is 0 Å². The average molecular weight is 374 g/mol. The van der Waals surface area contributed by atoms with E-state index in [0.29, 0.717) is 5.02 Å². The zero-order valence-electron chi connectivity index (χ0n) is 11.7. The molecule has 1 unspecified atom stereocenters. The number of nitrogens with zero attached hydrogens (tertiary/aromatic N) is 3. The van der Waals surface area contributed by atoms with Crippen LogP contribution in [0.25, 0.3) is 0 Å². The number of rotatable bonds is 2. The van der Waals surface area contributed by atoms with Gasteiger partial charge in [0.1, 0.15) is 11.9 Å². The van der Waals surface area contributed by atoms with Crippen LogP contribution in [-0.2, 0) is 4.79 Å². The number of amides is 1. The largest absolute Gasteiger partial charge is 0.344 e. The van der Waals surface area contributed by atoms with Gasteiger partial charge in [-0.25, -0.2) is 4.98 Å². The number of anilines is 1. The fourth-order valence-corrected chi connectivity index (χ4v) is 3.86. The highest BCUT2D eigenvalue weighted by atomic mass is 79.9. The molecule has 5 nitrogen and oxygen atoms in total. The van der Waals surface area contributed by atoms with E-state index in [2.05, 4.69) is 31.1 Å². The Morgan fingerprint density at radius 3 is 2.86 bits per heavy atom. The molecule has 2 aliphatic rings. The first-order valence-electron chi connectivity index (χ1n) is 7.24. The maximum atomic E-state index is 12.7. The van der Waals surface area contributed by atoms with E-state index >= 15 is 0 Å². The monoisotopic (exact) mass is 372 g/mol. The van der Waals surface area contributed by atoms with Crippen molar-refractivity contribution in [2.75, 3.05) is 37.6 Å². The molecule has 3 heterocycles. The quantitative estimate of drug-likeness (QED) is 0.860. The fourth-order valence-electron chi connectivity index (χ4n) is 2.99. The molecule has 0 saturated carbocycles. The van der Waals surface area contributed by atoms with Crippen LogP contribution in [0.4, 0.5) is 5.82 Å². The molecule has 0 radical (unpaired) electrons. The van der Waals surface area contributed by atoms with Crippen LogP contribution in [0.3, 0.4) is 0 Å². The molecule has 0 spiro atoms. The van der Waals surface area contributed by atoms with Gasteiger partial charge in [-0.05, 0) is 34.8 Å². The number of carbonyl (C=O) groups is 1. The van der Waals surface area contributed by atoms with Crippen LogP contribution in [-0.4, -0.2) is 54.6 Å². The van der Waals surface area contributed by atoms with Gasteiger partial charge in [-0.3, -0.25) is 4.79 Å². The summed E-state index contributed by atoms with van der Waals surface area (Å²) < 4.78 is 0.843. The molecular weight excluding hydrogens is 356 g/mol. The van der Waals surface area contributed by atoms with Crippen molar-refractivity contribution >= 4 is 39.3 Å². The van der Waals surface area contributed by atoms with Gasteiger partial charge in [-0.1, -0.05) is 11.6 Å². The number of hydrogen-bond acceptors (Lipinski definition) is 4. The van der Waals surface area contributed by atoms with Gasteiger partial charge < -0.3 is 15.1 Å². The van der Waals surface area contributed by atoms with Crippen molar-refractivity contribution in [3.05, 3.63) is 21.8 Å². The minimum Gasteiger partial charge on any atom is -0.344 e. The number of carbonyl (C=O) groups excluding carboxylic acids is 1. The molecule has 2 fully saturated rings. The molecule has 1 aromatic rings. The lowest BCUT2D eigenvalue weighted by molar-refractivity contribution is -0.133. The first-order valence-corrected chi connectivity index (χ1v) is 8.41. The normalized spacial score (nSPS) is 22.7. The molecule has 0 aromatic carbocycles. The van der Waals surface area contributed by atoms with Gasteiger partial charge in [0.15, 0.2) is 0 Å². The van der Waals surface area contributed by atoms with Gasteiger partial charge in [0.25, 0.3) is 0 Å². The fraction of sp³-hybridized carbons (Fsp3) is 0.571. The van der Waals surface area contributed by atoms with Crippen LogP contribution in [0, 0.1) is 0 Å². The second kappa shape index (κ2) is 6.50. The molecule has 1 amide bonds. The third kappa shape index (κ3) is 3.17. The van der Waals surface area contributed by atoms with Gasteiger partial charge in [0.2, 0.25) is 5.91 Å². The summed E-state index contributed by atoms with van der Waals surface area (Å²) in [6.45, 7) is 4.19. The van der Waals surface area contributed by atoms with E-state index in [1.165, 1.54) is 0 Å². The Kier molecular flexibility index (Phi) is 4.66. The number of pyridine rings is 1. The molecule has 2 aliphatic heterocycles. The number of piperazine rings is 1. The molecular formula is C14H18BrClN4O. The van der Waals surface area contributed by atoms with Crippen molar-refractivity contribution in [2.24, 2.45) is 0 Å². The zero-order chi connectivity index (χ0) is 14.8. The topological polar surface area (TPSA) is 48.5 Å². The third-order valence-corrected chi connectivity index (χ3v) is 4.82. The minimum atomic E-state index is -0.104. The molecule has 1 N–H and O–H groups in total. The standard InChI is InChI=1S/C14H18BrClN4O/c15-11-8-10(16)9-18-13(11)20-5-1-2-12(20)14(21)19-6-3-17-4-7-19/h8-9,12,17H,1-7H2. The Bertz CT molecular complexity index is 536. The van der Waals surface area contributed by atoms with E-state index in [1.54, 1.807) is 6.20 Å². The Labute approximate surface area is 137 Å². The van der Waals surface area contributed by atoms with Crippen LogP contribution >= 0.6 is 27.5 Å². The summed E-state index contributed by atoms with van der Waals surface area (Å²) in [5.74, 6) is 1.03. The lowest BCUT2D eigenvalue weighted by Gasteiger charge is -2.33. The predicted octanol–water partition coefficient (Wildman–Crippen LogP) is 1.90. The lowest BCUT2D eigenvalue weighted by atomic mass is 10.1. The van der Waals surface area contributed by atoms with Crippen molar-refractivity contribution < 1.29 is 4.79 Å². The summed E-state index contributed by atoms with van der Waals surface area (Å²) in [6, 6.07) is 1.72. The summed E-state index contributed by atoms with van der Waals surface area (Å²) in [4.78, 5) is 21.2. The highest BCUT2D eigenvalue weighted by Gasteiger charge is 2.35. The Morgan fingerprint density at radius 2 is 2.14 bits per heavy atom. The third-order valence-electron chi connectivity index (χ3n) is 4.03. The summed E-state index contributed by atoms with van der Waals surface area (Å²) in [5, 5.41) is 3.87. The van der Waals surface area contributed by atoms with Gasteiger partial charge in [0.05, 0.1) is 9.50 Å². The van der Waals surface area contributed by atoms with E-state index in [0.717, 1.165) is 55.9 Å². The Morgan fingerprint density at radius 1 is 1.38 bits per heavy atom. The first-order chi connectivity index (χ1) is 10.2. The summed E-state index contributed by atoms with van der Waals surface area (Å²) >= 11 is 9.46. The van der Waals surface area contributed by atoms with Gasteiger partial charge in [-0.2, -0.15) is 0 Å². The van der Waals surface area contributed by atoms with E-state index in [1.807, 2.05) is 11.0 Å². The van der Waals surface area contributed by atoms with E-state index in [-0.39, 0.29) is 11.9 Å². The maximum Gasteiger partial charge on any atom is 0.245 e. The van der Waals surface area contributed by atoms with Crippen LogP contribution in [0.15, 0.2) is 16.7 Å². The van der Waals surface area contributed by atoms with Gasteiger partial charge in [0, 0.05) is 38.9 Å². The predicted molar refractivity (Wildman–Crippen MR) is 86.8 cm³/mol. The molecule has 7 heteroatoms. The molecule has 114 valence electrons. The van der Waals surface area contributed by atoms with E-state index in [4.69, 9.17) is 11.6 Å². The first kappa shape index (κ1) is 15.1. The Hall–Kier alpha value is -0.850. The molecule has 0 aliphatic carbocycles. The molecule has 21 heavy (non-hydrogen) atoms. The summed E-state index contributed by atoms with van der Waals surface area (Å²) in [6.07, 6.45) is 3.53. The second-order valence-corrected chi connectivity index (χ2v) is 6.68. The van der Waals surface area contributed by atoms with Crippen molar-refractivity contribution in [1.29, 1.82) is 0 Å². The van der Waals surface area contributed by atoms with Crippen molar-refractivity contribution in [3.63, 3.8) is 0 Å². The number of hydrogen-bond donors (Lipinski definition) is 1. The SMILES string of the molecule is O=C(C1CCCN1c1ncc(Cl)cc1Br)N1CCNCC1. The van der Waals surface area contributed by atoms with Crippen molar-refractivity contribution in [1.82, 2.24) is 15.2 Å². The summed E-state index contributed by atoms with van der Waals surface area (Å²) in [7, 11) is 0. The van der Waals surface area contributed by atoms with Gasteiger partial charge >= 0.3 is 0 Å². The van der Waals surface area contributed by atoms with Crippen LogP contribution in [0.2, 0.25) is 5.02 Å². The van der Waals surface area contributed by atoms with E-state index in [9.17, 15) is 4.79 Å². The average Bonchev–Trinajstić information content (AvgIpc) is 2.96. The van der Waals surface area contributed by atoms with Crippen LogP contribution < -0.4 is 10.2 Å². The molecule has 2 saturated heterocycles. The van der Waals surface area contributed by atoms with Crippen molar-refractivity contribution in [3.8, 4) is 0 Å². The summed E-state index contributed by atoms with van der Waals surface area (Å²) in [5.41, 5.74) is 0. The highest BCUT2D eigenvalue weighted by Crippen LogP contribution is 2.32. The highest BCUT2D eigenvalue weighted by molar-refractivity contribution is 9.10. The number of aromatic nitrogens is 1.